The van der Waals surface area contributed by atoms with Crippen molar-refractivity contribution in [1.82, 2.24) is 4.90 Å². The molecule has 0 bridgehead atoms. The Labute approximate surface area is 95.0 Å². The lowest BCUT2D eigenvalue weighted by atomic mass is 9.75. The van der Waals surface area contributed by atoms with Crippen LogP contribution in [0.4, 0.5) is 0 Å². The van der Waals surface area contributed by atoms with E-state index >= 15 is 0 Å². The lowest BCUT2D eigenvalue weighted by Crippen LogP contribution is -2.43. The highest BCUT2D eigenvalue weighted by Crippen LogP contribution is 2.34. The molecule has 0 spiro atoms. The van der Waals surface area contributed by atoms with Crippen LogP contribution in [0.1, 0.15) is 54.9 Å². The zero-order chi connectivity index (χ0) is 12.4. The first-order valence-corrected chi connectivity index (χ1v) is 5.74. The van der Waals surface area contributed by atoms with Crippen LogP contribution >= 0.6 is 0 Å². The molecule has 0 aromatic heterocycles. The van der Waals surface area contributed by atoms with Gasteiger partial charge in [0.2, 0.25) is 5.91 Å². The van der Waals surface area contributed by atoms with Crippen LogP contribution < -0.4 is 0 Å². The SMILES string of the molecule is CC(C)N(C)C(=O)C(C)(C)CC(C)(C)C. The Morgan fingerprint density at radius 1 is 1.13 bits per heavy atom. The average Bonchev–Trinajstić information content (AvgIpc) is 1.96. The van der Waals surface area contributed by atoms with Gasteiger partial charge in [-0.2, -0.15) is 0 Å². The summed E-state index contributed by atoms with van der Waals surface area (Å²) in [6, 6.07) is 0.275. The summed E-state index contributed by atoms with van der Waals surface area (Å²) < 4.78 is 0. The van der Waals surface area contributed by atoms with Gasteiger partial charge in [0, 0.05) is 18.5 Å². The fourth-order valence-corrected chi connectivity index (χ4v) is 2.11. The van der Waals surface area contributed by atoms with Crippen LogP contribution in [0.25, 0.3) is 0 Å². The molecule has 2 nitrogen and oxygen atoms in total. The van der Waals surface area contributed by atoms with Gasteiger partial charge in [-0.3, -0.25) is 4.79 Å². The van der Waals surface area contributed by atoms with Gasteiger partial charge in [0.1, 0.15) is 0 Å². The van der Waals surface area contributed by atoms with Crippen molar-refractivity contribution in [2.45, 2.75) is 60.9 Å². The number of amides is 1. The maximum absolute atomic E-state index is 12.2. The minimum absolute atomic E-state index is 0.191. The normalized spacial score (nSPS) is 13.1. The van der Waals surface area contributed by atoms with Gasteiger partial charge in [0.05, 0.1) is 0 Å². The Kier molecular flexibility index (Phi) is 4.38. The van der Waals surface area contributed by atoms with Gasteiger partial charge in [-0.15, -0.1) is 0 Å². The third kappa shape index (κ3) is 4.67. The van der Waals surface area contributed by atoms with Crippen molar-refractivity contribution >= 4 is 5.91 Å². The molecule has 0 heterocycles. The lowest BCUT2D eigenvalue weighted by Gasteiger charge is -2.36. The van der Waals surface area contributed by atoms with E-state index in [2.05, 4.69) is 20.8 Å². The van der Waals surface area contributed by atoms with Crippen LogP contribution in [0.3, 0.4) is 0 Å². The van der Waals surface area contributed by atoms with Gasteiger partial charge in [-0.1, -0.05) is 34.6 Å². The summed E-state index contributed by atoms with van der Waals surface area (Å²) in [5.41, 5.74) is -0.0751. The van der Waals surface area contributed by atoms with E-state index in [0.29, 0.717) is 0 Å². The highest BCUT2D eigenvalue weighted by atomic mass is 16.2. The van der Waals surface area contributed by atoms with Crippen LogP contribution in [0, 0.1) is 10.8 Å². The van der Waals surface area contributed by atoms with Crippen molar-refractivity contribution in [2.24, 2.45) is 10.8 Å². The largest absolute Gasteiger partial charge is 0.343 e. The number of hydrogen-bond donors (Lipinski definition) is 0. The molecule has 0 N–H and O–H groups in total. The third-order valence-corrected chi connectivity index (χ3v) is 2.65. The second-order valence-corrected chi connectivity index (χ2v) is 6.63. The standard InChI is InChI=1S/C13H27NO/c1-10(2)14(8)11(15)13(6,7)9-12(3,4)5/h10H,9H2,1-8H3. The van der Waals surface area contributed by atoms with Gasteiger partial charge in [-0.05, 0) is 25.7 Å². The van der Waals surface area contributed by atoms with Gasteiger partial charge < -0.3 is 4.90 Å². The molecule has 0 aromatic carbocycles. The number of carbonyl (C=O) groups is 1. The van der Waals surface area contributed by atoms with Crippen LogP contribution in [-0.4, -0.2) is 23.9 Å². The molecule has 0 aliphatic carbocycles. The minimum Gasteiger partial charge on any atom is -0.343 e. The maximum Gasteiger partial charge on any atom is 0.228 e. The Hall–Kier alpha value is -0.530. The first kappa shape index (κ1) is 14.5. The van der Waals surface area contributed by atoms with Gasteiger partial charge in [0.25, 0.3) is 0 Å². The van der Waals surface area contributed by atoms with Crippen molar-refractivity contribution in [2.75, 3.05) is 7.05 Å². The Balaban J connectivity index is 4.66. The summed E-state index contributed by atoms with van der Waals surface area (Å²) in [4.78, 5) is 14.0. The molecule has 2 heteroatoms. The highest BCUT2D eigenvalue weighted by molar-refractivity contribution is 5.82. The van der Waals surface area contributed by atoms with E-state index in [4.69, 9.17) is 0 Å². The molecule has 0 atom stereocenters. The van der Waals surface area contributed by atoms with Crippen LogP contribution in [0.5, 0.6) is 0 Å². The Bertz CT molecular complexity index is 223. The zero-order valence-electron chi connectivity index (χ0n) is 11.6. The fourth-order valence-electron chi connectivity index (χ4n) is 2.11. The van der Waals surface area contributed by atoms with E-state index in [-0.39, 0.29) is 22.8 Å². The van der Waals surface area contributed by atoms with Crippen molar-refractivity contribution < 1.29 is 4.79 Å². The molecule has 0 fully saturated rings. The predicted molar refractivity (Wildman–Crippen MR) is 65.8 cm³/mol. The molecule has 90 valence electrons. The first-order chi connectivity index (χ1) is 6.47. The molecule has 1 amide bonds. The van der Waals surface area contributed by atoms with E-state index in [1.165, 1.54) is 0 Å². The maximum atomic E-state index is 12.2. The summed E-state index contributed by atoms with van der Waals surface area (Å²) in [6.45, 7) is 14.7. The summed E-state index contributed by atoms with van der Waals surface area (Å²) in [5.74, 6) is 0.243. The third-order valence-electron chi connectivity index (χ3n) is 2.65. The van der Waals surface area contributed by atoms with Gasteiger partial charge in [-0.25, -0.2) is 0 Å². The first-order valence-electron chi connectivity index (χ1n) is 5.74. The lowest BCUT2D eigenvalue weighted by molar-refractivity contribution is -0.142. The van der Waals surface area contributed by atoms with Gasteiger partial charge >= 0.3 is 0 Å². The van der Waals surface area contributed by atoms with E-state index in [1.807, 2.05) is 39.6 Å². The molecule has 0 saturated carbocycles. The molecular formula is C13H27NO. The molecule has 0 unspecified atom stereocenters. The summed E-state index contributed by atoms with van der Waals surface area (Å²) in [7, 11) is 1.89. The molecule has 0 aliphatic heterocycles. The van der Waals surface area contributed by atoms with Crippen molar-refractivity contribution in [3.8, 4) is 0 Å². The molecular weight excluding hydrogens is 186 g/mol. The topological polar surface area (TPSA) is 20.3 Å². The Morgan fingerprint density at radius 2 is 1.53 bits per heavy atom. The summed E-state index contributed by atoms with van der Waals surface area (Å²) in [5, 5.41) is 0. The number of rotatable bonds is 3. The number of nitrogens with zero attached hydrogens (tertiary/aromatic N) is 1. The molecule has 0 rings (SSSR count). The average molecular weight is 213 g/mol. The van der Waals surface area contributed by atoms with Crippen LogP contribution in [-0.2, 0) is 4.79 Å². The molecule has 0 aromatic rings. The second kappa shape index (κ2) is 4.54. The second-order valence-electron chi connectivity index (χ2n) is 6.63. The monoisotopic (exact) mass is 213 g/mol. The quantitative estimate of drug-likeness (QED) is 0.704. The summed E-state index contributed by atoms with van der Waals surface area (Å²) >= 11 is 0. The van der Waals surface area contributed by atoms with Crippen LogP contribution in [0.2, 0.25) is 0 Å². The smallest absolute Gasteiger partial charge is 0.228 e. The van der Waals surface area contributed by atoms with E-state index < -0.39 is 0 Å². The van der Waals surface area contributed by atoms with E-state index in [1.54, 1.807) is 0 Å². The van der Waals surface area contributed by atoms with Crippen molar-refractivity contribution in [3.05, 3.63) is 0 Å². The minimum atomic E-state index is -0.267. The Morgan fingerprint density at radius 3 is 1.80 bits per heavy atom. The number of carbonyl (C=O) groups excluding carboxylic acids is 1. The van der Waals surface area contributed by atoms with Crippen molar-refractivity contribution in [1.29, 1.82) is 0 Å². The molecule has 0 aliphatic rings. The number of hydrogen-bond acceptors (Lipinski definition) is 1. The predicted octanol–water partition coefficient (Wildman–Crippen LogP) is 3.32. The van der Waals surface area contributed by atoms with Gasteiger partial charge in [0.15, 0.2) is 0 Å². The highest BCUT2D eigenvalue weighted by Gasteiger charge is 2.34. The van der Waals surface area contributed by atoms with Crippen LogP contribution in [0.15, 0.2) is 0 Å². The molecule has 15 heavy (non-hydrogen) atoms. The molecule has 0 saturated heterocycles. The zero-order valence-corrected chi connectivity index (χ0v) is 11.6. The summed E-state index contributed by atoms with van der Waals surface area (Å²) in [6.07, 6.45) is 0.913. The van der Waals surface area contributed by atoms with E-state index in [0.717, 1.165) is 6.42 Å². The van der Waals surface area contributed by atoms with E-state index in [9.17, 15) is 4.79 Å². The fraction of sp³-hybridized carbons (Fsp3) is 0.923. The van der Waals surface area contributed by atoms with Crippen molar-refractivity contribution in [3.63, 3.8) is 0 Å². The molecule has 0 radical (unpaired) electrons.